The number of nitrogens with zero attached hydrogens (tertiary/aromatic N) is 4. The lowest BCUT2D eigenvalue weighted by Gasteiger charge is -2.18. The Morgan fingerprint density at radius 1 is 1.19 bits per heavy atom. The number of carbonyl (C=O) groups excluding carboxylic acids is 1. The summed E-state index contributed by atoms with van der Waals surface area (Å²) in [6.45, 7) is 2.95. The van der Waals surface area contributed by atoms with Crippen molar-refractivity contribution in [3.8, 4) is 0 Å². The molecule has 134 valence electrons. The minimum absolute atomic E-state index is 0.185. The van der Waals surface area contributed by atoms with E-state index in [1.165, 1.54) is 5.56 Å². The number of carbonyl (C=O) groups is 1. The van der Waals surface area contributed by atoms with Gasteiger partial charge in [-0.05, 0) is 31.0 Å². The molecule has 7 nitrogen and oxygen atoms in total. The van der Waals surface area contributed by atoms with Crippen LogP contribution in [0, 0.1) is 6.92 Å². The van der Waals surface area contributed by atoms with Crippen molar-refractivity contribution in [3.63, 3.8) is 0 Å². The molecular weight excluding hydrogens is 330 g/mol. The minimum atomic E-state index is -0.185. The third-order valence-corrected chi connectivity index (χ3v) is 4.09. The number of rotatable bonds is 7. The van der Waals surface area contributed by atoms with Gasteiger partial charge < -0.3 is 10.2 Å². The second kappa shape index (κ2) is 8.24. The lowest BCUT2D eigenvalue weighted by atomic mass is 10.1. The maximum absolute atomic E-state index is 12.4. The van der Waals surface area contributed by atoms with Gasteiger partial charge in [0.25, 0.3) is 5.91 Å². The van der Waals surface area contributed by atoms with E-state index in [-0.39, 0.29) is 5.91 Å². The molecular formula is C19H21N5O2. The largest absolute Gasteiger partial charge is 0.368 e. The van der Waals surface area contributed by atoms with Crippen LogP contribution in [0.3, 0.4) is 0 Å². The van der Waals surface area contributed by atoms with Crippen molar-refractivity contribution in [2.45, 2.75) is 19.9 Å². The summed E-state index contributed by atoms with van der Waals surface area (Å²) in [6, 6.07) is 13.7. The summed E-state index contributed by atoms with van der Waals surface area (Å²) >= 11 is 0. The molecule has 0 unspecified atom stereocenters. The van der Waals surface area contributed by atoms with Gasteiger partial charge in [0.05, 0.1) is 6.54 Å². The Hall–Kier alpha value is -3.22. The SMILES string of the molecule is Cc1nonc1CN(C)c1ccnc(C(=O)NCCc2ccccc2)c1. The maximum atomic E-state index is 12.4. The van der Waals surface area contributed by atoms with E-state index in [0.717, 1.165) is 23.5 Å². The minimum Gasteiger partial charge on any atom is -0.368 e. The van der Waals surface area contributed by atoms with Crippen molar-refractivity contribution in [2.24, 2.45) is 0 Å². The van der Waals surface area contributed by atoms with Crippen molar-refractivity contribution >= 4 is 11.6 Å². The number of benzene rings is 1. The Labute approximate surface area is 152 Å². The summed E-state index contributed by atoms with van der Waals surface area (Å²) in [5.74, 6) is -0.185. The number of anilines is 1. The summed E-state index contributed by atoms with van der Waals surface area (Å²) in [6.07, 6.45) is 2.41. The average Bonchev–Trinajstić information content (AvgIpc) is 3.07. The normalized spacial score (nSPS) is 10.5. The fourth-order valence-corrected chi connectivity index (χ4v) is 2.55. The summed E-state index contributed by atoms with van der Waals surface area (Å²) in [5, 5.41) is 10.6. The Morgan fingerprint density at radius 2 is 2.00 bits per heavy atom. The molecule has 0 bridgehead atoms. The number of amides is 1. The molecule has 2 aromatic heterocycles. The summed E-state index contributed by atoms with van der Waals surface area (Å²) in [5.41, 5.74) is 3.96. The van der Waals surface area contributed by atoms with E-state index in [4.69, 9.17) is 4.63 Å². The fourth-order valence-electron chi connectivity index (χ4n) is 2.55. The topological polar surface area (TPSA) is 84.2 Å². The highest BCUT2D eigenvalue weighted by atomic mass is 16.6. The van der Waals surface area contributed by atoms with Crippen LogP contribution < -0.4 is 10.2 Å². The predicted molar refractivity (Wildman–Crippen MR) is 97.9 cm³/mol. The fraction of sp³-hybridized carbons (Fsp3) is 0.263. The smallest absolute Gasteiger partial charge is 0.269 e. The molecule has 0 fully saturated rings. The molecule has 1 aromatic carbocycles. The highest BCUT2D eigenvalue weighted by molar-refractivity contribution is 5.93. The van der Waals surface area contributed by atoms with E-state index >= 15 is 0 Å². The van der Waals surface area contributed by atoms with Crippen molar-refractivity contribution < 1.29 is 9.42 Å². The van der Waals surface area contributed by atoms with Crippen molar-refractivity contribution in [3.05, 3.63) is 71.3 Å². The van der Waals surface area contributed by atoms with Crippen LogP contribution in [0.5, 0.6) is 0 Å². The van der Waals surface area contributed by atoms with Gasteiger partial charge in [-0.25, -0.2) is 4.63 Å². The van der Waals surface area contributed by atoms with Gasteiger partial charge >= 0.3 is 0 Å². The molecule has 7 heteroatoms. The van der Waals surface area contributed by atoms with E-state index in [1.54, 1.807) is 12.3 Å². The summed E-state index contributed by atoms with van der Waals surface area (Å²) < 4.78 is 4.72. The highest BCUT2D eigenvalue weighted by Gasteiger charge is 2.12. The van der Waals surface area contributed by atoms with E-state index in [1.807, 2.05) is 55.3 Å². The lowest BCUT2D eigenvalue weighted by molar-refractivity contribution is 0.0949. The number of aryl methyl sites for hydroxylation is 1. The molecule has 2 heterocycles. The molecule has 0 aliphatic heterocycles. The summed E-state index contributed by atoms with van der Waals surface area (Å²) in [7, 11) is 1.92. The van der Waals surface area contributed by atoms with Gasteiger partial charge in [-0.15, -0.1) is 0 Å². The molecule has 0 radical (unpaired) electrons. The summed E-state index contributed by atoms with van der Waals surface area (Å²) in [4.78, 5) is 18.5. The highest BCUT2D eigenvalue weighted by Crippen LogP contribution is 2.16. The molecule has 0 spiro atoms. The lowest BCUT2D eigenvalue weighted by Crippen LogP contribution is -2.27. The number of nitrogens with one attached hydrogen (secondary N) is 1. The van der Waals surface area contributed by atoms with E-state index < -0.39 is 0 Å². The van der Waals surface area contributed by atoms with Gasteiger partial charge in [0.2, 0.25) is 0 Å². The Bertz CT molecular complexity index is 863. The zero-order valence-electron chi connectivity index (χ0n) is 14.8. The molecule has 0 aliphatic carbocycles. The van der Waals surface area contributed by atoms with E-state index in [0.29, 0.717) is 18.8 Å². The van der Waals surface area contributed by atoms with Gasteiger partial charge in [0.15, 0.2) is 0 Å². The molecule has 26 heavy (non-hydrogen) atoms. The van der Waals surface area contributed by atoms with Crippen LogP contribution in [0.4, 0.5) is 5.69 Å². The van der Waals surface area contributed by atoms with Crippen molar-refractivity contribution in [1.29, 1.82) is 0 Å². The maximum Gasteiger partial charge on any atom is 0.269 e. The molecule has 0 atom stereocenters. The quantitative estimate of drug-likeness (QED) is 0.703. The molecule has 3 rings (SSSR count). The first kappa shape index (κ1) is 17.6. The average molecular weight is 351 g/mol. The van der Waals surface area contributed by atoms with Crippen LogP contribution >= 0.6 is 0 Å². The molecule has 0 saturated heterocycles. The standard InChI is InChI=1S/C19H21N5O2/c1-14-18(23-26-22-14)13-24(2)16-9-11-20-17(12-16)19(25)21-10-8-15-6-4-3-5-7-15/h3-7,9,11-12H,8,10,13H2,1-2H3,(H,21,25). The van der Waals surface area contributed by atoms with Gasteiger partial charge in [-0.2, -0.15) is 0 Å². The Balaban J connectivity index is 1.59. The second-order valence-corrected chi connectivity index (χ2v) is 6.04. The number of hydrogen-bond acceptors (Lipinski definition) is 6. The van der Waals surface area contributed by atoms with Gasteiger partial charge in [0.1, 0.15) is 17.1 Å². The van der Waals surface area contributed by atoms with Crippen LogP contribution in [0.25, 0.3) is 0 Å². The first-order chi connectivity index (χ1) is 12.6. The monoisotopic (exact) mass is 351 g/mol. The number of aromatic nitrogens is 3. The zero-order valence-corrected chi connectivity index (χ0v) is 14.8. The molecule has 0 saturated carbocycles. The first-order valence-electron chi connectivity index (χ1n) is 8.41. The number of pyridine rings is 1. The Kier molecular flexibility index (Phi) is 5.58. The molecule has 1 amide bonds. The van der Waals surface area contributed by atoms with Gasteiger partial charge in [0, 0.05) is 25.5 Å². The molecule has 1 N–H and O–H groups in total. The molecule has 3 aromatic rings. The van der Waals surface area contributed by atoms with Gasteiger partial charge in [-0.1, -0.05) is 40.6 Å². The van der Waals surface area contributed by atoms with Crippen LogP contribution in [0.15, 0.2) is 53.3 Å². The predicted octanol–water partition coefficient (Wildman–Crippen LogP) is 2.38. The number of hydrogen-bond donors (Lipinski definition) is 1. The van der Waals surface area contributed by atoms with Gasteiger partial charge in [-0.3, -0.25) is 9.78 Å². The second-order valence-electron chi connectivity index (χ2n) is 6.04. The zero-order chi connectivity index (χ0) is 18.4. The first-order valence-corrected chi connectivity index (χ1v) is 8.41. The van der Waals surface area contributed by atoms with E-state index in [9.17, 15) is 4.79 Å². The third kappa shape index (κ3) is 4.44. The third-order valence-electron chi connectivity index (χ3n) is 4.09. The van der Waals surface area contributed by atoms with Crippen molar-refractivity contribution in [2.75, 3.05) is 18.5 Å². The van der Waals surface area contributed by atoms with Crippen LogP contribution in [0.2, 0.25) is 0 Å². The van der Waals surface area contributed by atoms with E-state index in [2.05, 4.69) is 20.6 Å². The van der Waals surface area contributed by atoms with Crippen LogP contribution in [-0.2, 0) is 13.0 Å². The van der Waals surface area contributed by atoms with Crippen molar-refractivity contribution in [1.82, 2.24) is 20.6 Å². The Morgan fingerprint density at radius 3 is 2.73 bits per heavy atom. The van der Waals surface area contributed by atoms with Crippen LogP contribution in [0.1, 0.15) is 27.4 Å². The molecule has 0 aliphatic rings. The van der Waals surface area contributed by atoms with Crippen LogP contribution in [-0.4, -0.2) is 34.8 Å².